The van der Waals surface area contributed by atoms with Crippen molar-refractivity contribution in [2.45, 2.75) is 26.3 Å². The standard InChI is InChI=1S/C11H18ClN3O2/c1-8-9(12)13-11(17)15(10(8)16)7-5-4-6-14(2)3/h4-7H2,1-3H3,(H,13,17). The van der Waals surface area contributed by atoms with E-state index < -0.39 is 5.69 Å². The Morgan fingerprint density at radius 1 is 1.29 bits per heavy atom. The van der Waals surface area contributed by atoms with Crippen LogP contribution < -0.4 is 11.2 Å². The molecule has 0 unspecified atom stereocenters. The fourth-order valence-electron chi connectivity index (χ4n) is 1.54. The van der Waals surface area contributed by atoms with E-state index in [1.807, 2.05) is 14.1 Å². The molecule has 0 aromatic carbocycles. The molecule has 0 spiro atoms. The zero-order chi connectivity index (χ0) is 13.0. The van der Waals surface area contributed by atoms with Crippen LogP contribution in [0.3, 0.4) is 0 Å². The lowest BCUT2D eigenvalue weighted by atomic mass is 10.3. The summed E-state index contributed by atoms with van der Waals surface area (Å²) in [5.74, 6) is 0. The maximum absolute atomic E-state index is 11.8. The number of halogens is 1. The molecule has 0 aliphatic carbocycles. The molecule has 1 N–H and O–H groups in total. The van der Waals surface area contributed by atoms with Crippen molar-refractivity contribution < 1.29 is 0 Å². The average Bonchev–Trinajstić information content (AvgIpc) is 2.24. The third-order valence-corrected chi connectivity index (χ3v) is 2.97. The molecule has 0 amide bonds. The maximum Gasteiger partial charge on any atom is 0.329 e. The number of H-pyrrole nitrogens is 1. The summed E-state index contributed by atoms with van der Waals surface area (Å²) in [5.41, 5.74) is -0.349. The highest BCUT2D eigenvalue weighted by atomic mass is 35.5. The van der Waals surface area contributed by atoms with Gasteiger partial charge in [0, 0.05) is 12.1 Å². The van der Waals surface area contributed by atoms with E-state index in [-0.39, 0.29) is 10.7 Å². The van der Waals surface area contributed by atoms with Gasteiger partial charge in [-0.15, -0.1) is 0 Å². The number of hydrogen-bond acceptors (Lipinski definition) is 3. The number of nitrogens with zero attached hydrogens (tertiary/aromatic N) is 2. The molecule has 0 atom stereocenters. The molecule has 1 rings (SSSR count). The van der Waals surface area contributed by atoms with Crippen molar-refractivity contribution in [2.75, 3.05) is 20.6 Å². The maximum atomic E-state index is 11.8. The van der Waals surface area contributed by atoms with Crippen LogP contribution in [-0.4, -0.2) is 35.1 Å². The third-order valence-electron chi connectivity index (χ3n) is 2.59. The van der Waals surface area contributed by atoms with Gasteiger partial charge >= 0.3 is 5.69 Å². The van der Waals surface area contributed by atoms with E-state index in [2.05, 4.69) is 9.88 Å². The first-order valence-corrected chi connectivity index (χ1v) is 5.95. The van der Waals surface area contributed by atoms with E-state index in [9.17, 15) is 9.59 Å². The van der Waals surface area contributed by atoms with Crippen LogP contribution in [-0.2, 0) is 6.54 Å². The van der Waals surface area contributed by atoms with E-state index in [1.165, 1.54) is 4.57 Å². The molecule has 6 heteroatoms. The van der Waals surface area contributed by atoms with Gasteiger partial charge in [0.1, 0.15) is 5.15 Å². The van der Waals surface area contributed by atoms with Crippen LogP contribution in [0.1, 0.15) is 18.4 Å². The summed E-state index contributed by atoms with van der Waals surface area (Å²) < 4.78 is 1.21. The highest BCUT2D eigenvalue weighted by molar-refractivity contribution is 6.30. The van der Waals surface area contributed by atoms with Gasteiger partial charge < -0.3 is 4.90 Å². The summed E-state index contributed by atoms with van der Waals surface area (Å²) in [5, 5.41) is 0.129. The zero-order valence-electron chi connectivity index (χ0n) is 10.4. The molecule has 5 nitrogen and oxygen atoms in total. The Balaban J connectivity index is 2.76. The summed E-state index contributed by atoms with van der Waals surface area (Å²) in [7, 11) is 3.98. The van der Waals surface area contributed by atoms with Crippen molar-refractivity contribution in [1.29, 1.82) is 0 Å². The molecule has 0 fully saturated rings. The summed E-state index contributed by atoms with van der Waals surface area (Å²) in [6.07, 6.45) is 1.74. The van der Waals surface area contributed by atoms with Crippen LogP contribution in [0.5, 0.6) is 0 Å². The number of aromatic amines is 1. The normalized spacial score (nSPS) is 11.1. The summed E-state index contributed by atoms with van der Waals surface area (Å²) in [6, 6.07) is 0. The Hall–Kier alpha value is -1.07. The second-order valence-corrected chi connectivity index (χ2v) is 4.71. The first-order valence-electron chi connectivity index (χ1n) is 5.57. The Kier molecular flexibility index (Phi) is 4.96. The molecular formula is C11H18ClN3O2. The van der Waals surface area contributed by atoms with Crippen LogP contribution in [0.2, 0.25) is 5.15 Å². The minimum Gasteiger partial charge on any atom is -0.309 e. The zero-order valence-corrected chi connectivity index (χ0v) is 11.2. The minimum atomic E-state index is -0.435. The van der Waals surface area contributed by atoms with Crippen LogP contribution in [0.25, 0.3) is 0 Å². The second kappa shape index (κ2) is 6.02. The van der Waals surface area contributed by atoms with Crippen LogP contribution in [0.15, 0.2) is 9.59 Å². The lowest BCUT2D eigenvalue weighted by Gasteiger charge is -2.10. The van der Waals surface area contributed by atoms with Gasteiger partial charge in [-0.25, -0.2) is 4.79 Å². The molecule has 0 saturated carbocycles. The number of aromatic nitrogens is 2. The quantitative estimate of drug-likeness (QED) is 0.630. The van der Waals surface area contributed by atoms with E-state index in [0.29, 0.717) is 12.1 Å². The topological polar surface area (TPSA) is 58.1 Å². The van der Waals surface area contributed by atoms with Gasteiger partial charge in [-0.3, -0.25) is 14.3 Å². The molecule has 0 aliphatic rings. The molecule has 0 aliphatic heterocycles. The number of nitrogens with one attached hydrogen (secondary N) is 1. The Morgan fingerprint density at radius 2 is 1.94 bits per heavy atom. The van der Waals surface area contributed by atoms with Gasteiger partial charge in [0.15, 0.2) is 0 Å². The van der Waals surface area contributed by atoms with Crippen molar-refractivity contribution in [1.82, 2.24) is 14.5 Å². The highest BCUT2D eigenvalue weighted by Crippen LogP contribution is 2.03. The third kappa shape index (κ3) is 3.71. The monoisotopic (exact) mass is 259 g/mol. The van der Waals surface area contributed by atoms with Gasteiger partial charge in [0.2, 0.25) is 0 Å². The molecule has 1 aromatic rings. The van der Waals surface area contributed by atoms with Gasteiger partial charge in [-0.1, -0.05) is 11.6 Å². The van der Waals surface area contributed by atoms with E-state index >= 15 is 0 Å². The van der Waals surface area contributed by atoms with E-state index in [1.54, 1.807) is 6.92 Å². The number of rotatable bonds is 5. The highest BCUT2D eigenvalue weighted by Gasteiger charge is 2.08. The number of unbranched alkanes of at least 4 members (excludes halogenated alkanes) is 1. The largest absolute Gasteiger partial charge is 0.329 e. The fourth-order valence-corrected chi connectivity index (χ4v) is 1.71. The summed E-state index contributed by atoms with van der Waals surface area (Å²) in [4.78, 5) is 27.9. The fraction of sp³-hybridized carbons (Fsp3) is 0.636. The summed E-state index contributed by atoms with van der Waals surface area (Å²) in [6.45, 7) is 2.98. The Labute approximate surface area is 105 Å². The molecule has 96 valence electrons. The summed E-state index contributed by atoms with van der Waals surface area (Å²) >= 11 is 5.72. The molecule has 1 aromatic heterocycles. The predicted octanol–water partition coefficient (Wildman–Crippen LogP) is 0.840. The van der Waals surface area contributed by atoms with Crippen LogP contribution in [0.4, 0.5) is 0 Å². The first kappa shape index (κ1) is 14.0. The van der Waals surface area contributed by atoms with Crippen LogP contribution >= 0.6 is 11.6 Å². The number of hydrogen-bond donors (Lipinski definition) is 1. The first-order chi connectivity index (χ1) is 7.93. The lowest BCUT2D eigenvalue weighted by Crippen LogP contribution is -2.36. The van der Waals surface area contributed by atoms with Crippen molar-refractivity contribution >= 4 is 11.6 Å². The molecule has 1 heterocycles. The van der Waals surface area contributed by atoms with Crippen molar-refractivity contribution in [3.05, 3.63) is 31.6 Å². The Bertz CT molecular complexity index is 490. The average molecular weight is 260 g/mol. The van der Waals surface area contributed by atoms with Crippen LogP contribution in [0, 0.1) is 6.92 Å². The van der Waals surface area contributed by atoms with Gasteiger partial charge in [-0.2, -0.15) is 0 Å². The van der Waals surface area contributed by atoms with Crippen molar-refractivity contribution in [3.8, 4) is 0 Å². The molecule has 0 saturated heterocycles. The second-order valence-electron chi connectivity index (χ2n) is 4.34. The van der Waals surface area contributed by atoms with E-state index in [0.717, 1.165) is 19.4 Å². The van der Waals surface area contributed by atoms with Gasteiger partial charge in [-0.05, 0) is 40.4 Å². The molecule has 17 heavy (non-hydrogen) atoms. The van der Waals surface area contributed by atoms with Crippen molar-refractivity contribution in [3.63, 3.8) is 0 Å². The van der Waals surface area contributed by atoms with Gasteiger partial charge in [0.05, 0.1) is 0 Å². The van der Waals surface area contributed by atoms with Gasteiger partial charge in [0.25, 0.3) is 5.56 Å². The smallest absolute Gasteiger partial charge is 0.309 e. The molecule has 0 bridgehead atoms. The van der Waals surface area contributed by atoms with E-state index in [4.69, 9.17) is 11.6 Å². The minimum absolute atomic E-state index is 0.129. The SMILES string of the molecule is Cc1c(Cl)[nH]c(=O)n(CCCCN(C)C)c1=O. The lowest BCUT2D eigenvalue weighted by molar-refractivity contribution is 0.385. The molecular weight excluding hydrogens is 242 g/mol. The van der Waals surface area contributed by atoms with Crippen molar-refractivity contribution in [2.24, 2.45) is 0 Å². The Morgan fingerprint density at radius 3 is 2.53 bits per heavy atom. The molecule has 0 radical (unpaired) electrons. The predicted molar refractivity (Wildman–Crippen MR) is 68.9 cm³/mol.